The Hall–Kier alpha value is -2.18. The van der Waals surface area contributed by atoms with E-state index in [0.717, 1.165) is 39.0 Å². The smallest absolute Gasteiger partial charge is 0.318 e. The molecule has 0 saturated carbocycles. The second kappa shape index (κ2) is 8.92. The Morgan fingerprint density at radius 3 is 2.50 bits per heavy atom. The Bertz CT molecular complexity index is 1220. The van der Waals surface area contributed by atoms with Crippen LogP contribution < -0.4 is 15.0 Å². The first-order valence-electron chi connectivity index (χ1n) is 15.5. The first-order chi connectivity index (χ1) is 18.6. The van der Waals surface area contributed by atoms with Gasteiger partial charge in [0.05, 0.1) is 11.2 Å². The van der Waals surface area contributed by atoms with Crippen molar-refractivity contribution in [1.29, 1.82) is 0 Å². The van der Waals surface area contributed by atoms with Gasteiger partial charge in [0.2, 0.25) is 0 Å². The van der Waals surface area contributed by atoms with Crippen LogP contribution >= 0.6 is 0 Å². The molecule has 8 rings (SSSR count). The van der Waals surface area contributed by atoms with Gasteiger partial charge in [-0.3, -0.25) is 4.90 Å². The molecule has 4 fully saturated rings. The molecule has 4 aliphatic heterocycles. The number of piperazine rings is 1. The zero-order valence-corrected chi connectivity index (χ0v) is 23.1. The first-order valence-corrected chi connectivity index (χ1v) is 15.5. The summed E-state index contributed by atoms with van der Waals surface area (Å²) in [6, 6.07) is 8.89. The molecule has 0 radical (unpaired) electrons. The van der Waals surface area contributed by atoms with Crippen LogP contribution in [0.25, 0.3) is 0 Å². The van der Waals surface area contributed by atoms with E-state index in [9.17, 15) is 0 Å². The number of aryl methyl sites for hydroxylation is 1. The monoisotopic (exact) mass is 513 g/mol. The van der Waals surface area contributed by atoms with Crippen LogP contribution in [0.1, 0.15) is 86.2 Å². The molecule has 38 heavy (non-hydrogen) atoms. The lowest BCUT2D eigenvalue weighted by atomic mass is 9.69. The summed E-state index contributed by atoms with van der Waals surface area (Å²) in [6.07, 6.45) is 14.6. The lowest BCUT2D eigenvalue weighted by Gasteiger charge is -2.39. The van der Waals surface area contributed by atoms with Crippen molar-refractivity contribution in [2.75, 3.05) is 37.7 Å². The number of nitrogens with zero attached hydrogens (tertiary/aromatic N) is 4. The van der Waals surface area contributed by atoms with Crippen LogP contribution in [0, 0.1) is 0 Å². The zero-order valence-electron chi connectivity index (χ0n) is 23.1. The first kappa shape index (κ1) is 23.7. The summed E-state index contributed by atoms with van der Waals surface area (Å²) in [6.45, 7) is 7.62. The molecule has 1 spiro atoms. The average molecular weight is 514 g/mol. The number of benzene rings is 1. The molecule has 1 aromatic carbocycles. The maximum atomic E-state index is 6.61. The SMILES string of the molecule is CCc1cccc2c1CCC21CCc2c(nc(OCC34CCCN3CCC4)nc2N2C[C@H]3CC[C@@H](C2)N3)C1. The van der Waals surface area contributed by atoms with E-state index in [1.54, 1.807) is 16.7 Å². The second-order valence-corrected chi connectivity index (χ2v) is 13.3. The molecule has 1 aromatic heterocycles. The Labute approximate surface area is 227 Å². The van der Waals surface area contributed by atoms with Gasteiger partial charge in [0.15, 0.2) is 0 Å². The predicted octanol–water partition coefficient (Wildman–Crippen LogP) is 4.36. The summed E-state index contributed by atoms with van der Waals surface area (Å²) < 4.78 is 6.61. The summed E-state index contributed by atoms with van der Waals surface area (Å²) in [5, 5.41) is 3.81. The van der Waals surface area contributed by atoms with Crippen molar-refractivity contribution in [2.45, 2.75) is 107 Å². The largest absolute Gasteiger partial charge is 0.461 e. The third-order valence-corrected chi connectivity index (χ3v) is 11.3. The molecule has 5 heterocycles. The maximum Gasteiger partial charge on any atom is 0.318 e. The van der Waals surface area contributed by atoms with Crippen molar-refractivity contribution in [3.63, 3.8) is 0 Å². The Morgan fingerprint density at radius 1 is 0.974 bits per heavy atom. The number of hydrogen-bond acceptors (Lipinski definition) is 6. The molecule has 1 N–H and O–H groups in total. The highest BCUT2D eigenvalue weighted by molar-refractivity contribution is 5.55. The normalized spacial score (nSPS) is 31.0. The molecule has 202 valence electrons. The maximum absolute atomic E-state index is 6.61. The van der Waals surface area contributed by atoms with Crippen LogP contribution in [0.4, 0.5) is 5.82 Å². The summed E-state index contributed by atoms with van der Waals surface area (Å²) in [5.74, 6) is 1.19. The van der Waals surface area contributed by atoms with Crippen LogP contribution in [-0.2, 0) is 31.1 Å². The van der Waals surface area contributed by atoms with Crippen LogP contribution in [0.15, 0.2) is 18.2 Å². The molecule has 6 nitrogen and oxygen atoms in total. The molecule has 2 bridgehead atoms. The zero-order chi connectivity index (χ0) is 25.3. The minimum absolute atomic E-state index is 0.218. The van der Waals surface area contributed by atoms with E-state index in [1.165, 1.54) is 88.0 Å². The third-order valence-electron chi connectivity index (χ3n) is 11.3. The number of aromatic nitrogens is 2. The average Bonchev–Trinajstić information content (AvgIpc) is 3.70. The van der Waals surface area contributed by atoms with Gasteiger partial charge in [-0.05, 0) is 107 Å². The summed E-state index contributed by atoms with van der Waals surface area (Å²) in [4.78, 5) is 15.7. The van der Waals surface area contributed by atoms with Gasteiger partial charge in [0.1, 0.15) is 12.4 Å². The lowest BCUT2D eigenvalue weighted by molar-refractivity contribution is 0.107. The summed E-state index contributed by atoms with van der Waals surface area (Å²) in [7, 11) is 0. The lowest BCUT2D eigenvalue weighted by Crippen LogP contribution is -2.52. The van der Waals surface area contributed by atoms with Gasteiger partial charge in [-0.25, -0.2) is 0 Å². The van der Waals surface area contributed by atoms with Gasteiger partial charge in [-0.15, -0.1) is 0 Å². The van der Waals surface area contributed by atoms with E-state index >= 15 is 0 Å². The number of nitrogens with one attached hydrogen (secondary N) is 1. The van der Waals surface area contributed by atoms with E-state index in [-0.39, 0.29) is 11.0 Å². The van der Waals surface area contributed by atoms with Crippen LogP contribution in [-0.4, -0.2) is 65.3 Å². The molecule has 4 saturated heterocycles. The van der Waals surface area contributed by atoms with Crippen molar-refractivity contribution in [2.24, 2.45) is 0 Å². The second-order valence-electron chi connectivity index (χ2n) is 13.3. The van der Waals surface area contributed by atoms with Crippen molar-refractivity contribution < 1.29 is 4.74 Å². The summed E-state index contributed by atoms with van der Waals surface area (Å²) >= 11 is 0. The van der Waals surface area contributed by atoms with Crippen LogP contribution in [0.2, 0.25) is 0 Å². The predicted molar refractivity (Wildman–Crippen MR) is 150 cm³/mol. The molecular formula is C32H43N5O. The molecule has 3 atom stereocenters. The fourth-order valence-electron chi connectivity index (χ4n) is 9.33. The van der Waals surface area contributed by atoms with Gasteiger partial charge in [0.25, 0.3) is 0 Å². The molecule has 2 aromatic rings. The molecular weight excluding hydrogens is 470 g/mol. The molecule has 1 unspecified atom stereocenters. The van der Waals surface area contributed by atoms with E-state index < -0.39 is 0 Å². The number of anilines is 1. The Balaban J connectivity index is 1.15. The highest BCUT2D eigenvalue weighted by Gasteiger charge is 2.46. The van der Waals surface area contributed by atoms with Crippen LogP contribution in [0.3, 0.4) is 0 Å². The van der Waals surface area contributed by atoms with E-state index in [0.29, 0.717) is 18.1 Å². The molecule has 6 heteroatoms. The van der Waals surface area contributed by atoms with Crippen LogP contribution in [0.5, 0.6) is 6.01 Å². The van der Waals surface area contributed by atoms with E-state index in [2.05, 4.69) is 40.2 Å². The topological polar surface area (TPSA) is 53.5 Å². The fourth-order valence-corrected chi connectivity index (χ4v) is 9.33. The minimum atomic E-state index is 0.218. The standard InChI is InChI=1S/C32H43N5O/c1-2-22-6-3-7-27-25(22)10-14-31(27)15-11-26-28(18-31)34-30(38-21-32-12-4-16-37(32)17-5-13-32)35-29(26)36-19-23-8-9-24(20-36)33-23/h3,6-7,23-24,33H,2,4-5,8-21H2,1H3/t23-,24+,31?. The highest BCUT2D eigenvalue weighted by Crippen LogP contribution is 2.50. The fraction of sp³-hybridized carbons (Fsp3) is 0.688. The van der Waals surface area contributed by atoms with Crippen molar-refractivity contribution in [3.8, 4) is 6.01 Å². The molecule has 0 amide bonds. The Kier molecular flexibility index (Phi) is 5.56. The van der Waals surface area contributed by atoms with Crippen molar-refractivity contribution in [3.05, 3.63) is 46.1 Å². The number of ether oxygens (including phenoxy) is 1. The quantitative estimate of drug-likeness (QED) is 0.641. The number of rotatable bonds is 5. The summed E-state index contributed by atoms with van der Waals surface area (Å²) in [5.41, 5.74) is 7.91. The minimum Gasteiger partial charge on any atom is -0.461 e. The van der Waals surface area contributed by atoms with Crippen molar-refractivity contribution in [1.82, 2.24) is 20.2 Å². The van der Waals surface area contributed by atoms with Gasteiger partial charge < -0.3 is 15.0 Å². The molecule has 6 aliphatic rings. The number of hydrogen-bond donors (Lipinski definition) is 1. The van der Waals surface area contributed by atoms with Gasteiger partial charge in [-0.2, -0.15) is 9.97 Å². The van der Waals surface area contributed by atoms with Crippen molar-refractivity contribution >= 4 is 5.82 Å². The van der Waals surface area contributed by atoms with E-state index in [1.807, 2.05) is 0 Å². The van der Waals surface area contributed by atoms with Gasteiger partial charge in [-0.1, -0.05) is 25.1 Å². The molecule has 2 aliphatic carbocycles. The van der Waals surface area contributed by atoms with Gasteiger partial charge in [0, 0.05) is 36.2 Å². The third kappa shape index (κ3) is 3.66. The van der Waals surface area contributed by atoms with Gasteiger partial charge >= 0.3 is 6.01 Å². The Morgan fingerprint density at radius 2 is 1.74 bits per heavy atom. The number of fused-ring (bicyclic) bond motifs is 6. The van der Waals surface area contributed by atoms with E-state index in [4.69, 9.17) is 14.7 Å². The highest BCUT2D eigenvalue weighted by atomic mass is 16.5.